The molecule has 1 N–H and O–H groups in total. The van der Waals surface area contributed by atoms with Crippen LogP contribution in [0, 0.1) is 18.8 Å². The Kier molecular flexibility index (Phi) is 7.81. The fraction of sp³-hybridized carbons (Fsp3) is 0.667. The molecule has 0 aliphatic rings. The van der Waals surface area contributed by atoms with E-state index in [4.69, 9.17) is 0 Å². The molecule has 19 heavy (non-hydrogen) atoms. The van der Waals surface area contributed by atoms with Crippen molar-refractivity contribution in [2.75, 3.05) is 13.1 Å². The molecule has 0 saturated carbocycles. The lowest BCUT2D eigenvalue weighted by Crippen LogP contribution is -2.26. The van der Waals surface area contributed by atoms with Gasteiger partial charge in [0, 0.05) is 0 Å². The molecule has 0 saturated heterocycles. The van der Waals surface area contributed by atoms with E-state index in [1.807, 2.05) is 0 Å². The number of nitrogens with one attached hydrogen (secondary N) is 1. The maximum atomic E-state index is 3.54. The standard InChI is InChI=1S/C18H31N/c1-5-16(6-2)12-18(14-19-7-3)13-17-10-8-9-15(4)11-17/h8-11,16,18-19H,5-7,12-14H2,1-4H3. The first-order valence-electron chi connectivity index (χ1n) is 7.95. The first kappa shape index (κ1) is 16.2. The molecule has 0 aliphatic carbocycles. The fourth-order valence-electron chi connectivity index (χ4n) is 2.85. The molecule has 0 radical (unpaired) electrons. The molecule has 1 nitrogen and oxygen atoms in total. The molecule has 1 aromatic rings. The van der Waals surface area contributed by atoms with Crippen molar-refractivity contribution in [2.24, 2.45) is 11.8 Å². The van der Waals surface area contributed by atoms with Crippen LogP contribution in [-0.2, 0) is 6.42 Å². The largest absolute Gasteiger partial charge is 0.317 e. The van der Waals surface area contributed by atoms with Crippen LogP contribution >= 0.6 is 0 Å². The second kappa shape index (κ2) is 9.14. The van der Waals surface area contributed by atoms with Gasteiger partial charge in [-0.15, -0.1) is 0 Å². The van der Waals surface area contributed by atoms with E-state index < -0.39 is 0 Å². The molecule has 1 heteroatoms. The highest BCUT2D eigenvalue weighted by molar-refractivity contribution is 5.22. The van der Waals surface area contributed by atoms with Crippen molar-refractivity contribution < 1.29 is 0 Å². The third-order valence-corrected chi connectivity index (χ3v) is 4.11. The molecule has 0 fully saturated rings. The van der Waals surface area contributed by atoms with Gasteiger partial charge in [0.2, 0.25) is 0 Å². The minimum Gasteiger partial charge on any atom is -0.317 e. The Morgan fingerprint density at radius 1 is 1.05 bits per heavy atom. The molecule has 1 atom stereocenters. The third kappa shape index (κ3) is 6.24. The first-order valence-corrected chi connectivity index (χ1v) is 7.95. The van der Waals surface area contributed by atoms with Gasteiger partial charge in [0.15, 0.2) is 0 Å². The molecule has 108 valence electrons. The summed E-state index contributed by atoms with van der Waals surface area (Å²) in [5.74, 6) is 1.65. The smallest absolute Gasteiger partial charge is 0.00173 e. The van der Waals surface area contributed by atoms with Gasteiger partial charge in [-0.25, -0.2) is 0 Å². The maximum Gasteiger partial charge on any atom is -0.00173 e. The van der Waals surface area contributed by atoms with E-state index in [1.165, 1.54) is 36.8 Å². The SMILES string of the molecule is CCNCC(Cc1cccc(C)c1)CC(CC)CC. The van der Waals surface area contributed by atoms with Crippen LogP contribution < -0.4 is 5.32 Å². The molecule has 1 rings (SSSR count). The van der Waals surface area contributed by atoms with E-state index in [-0.39, 0.29) is 0 Å². The predicted octanol–water partition coefficient (Wildman–Crippen LogP) is 4.59. The second-order valence-electron chi connectivity index (χ2n) is 5.79. The van der Waals surface area contributed by atoms with Crippen molar-refractivity contribution in [1.29, 1.82) is 0 Å². The van der Waals surface area contributed by atoms with E-state index in [2.05, 4.69) is 57.3 Å². The van der Waals surface area contributed by atoms with Crippen LogP contribution in [0.5, 0.6) is 0 Å². The molecule has 0 aromatic heterocycles. The van der Waals surface area contributed by atoms with Crippen molar-refractivity contribution in [1.82, 2.24) is 5.32 Å². The van der Waals surface area contributed by atoms with Gasteiger partial charge in [0.05, 0.1) is 0 Å². The zero-order chi connectivity index (χ0) is 14.1. The molecule has 0 amide bonds. The lowest BCUT2D eigenvalue weighted by molar-refractivity contribution is 0.340. The van der Waals surface area contributed by atoms with Crippen LogP contribution in [0.15, 0.2) is 24.3 Å². The number of hydrogen-bond donors (Lipinski definition) is 1. The van der Waals surface area contributed by atoms with Crippen molar-refractivity contribution in [3.05, 3.63) is 35.4 Å². The van der Waals surface area contributed by atoms with Crippen molar-refractivity contribution in [3.63, 3.8) is 0 Å². The van der Waals surface area contributed by atoms with E-state index >= 15 is 0 Å². The number of rotatable bonds is 9. The summed E-state index contributed by atoms with van der Waals surface area (Å²) in [5.41, 5.74) is 2.87. The van der Waals surface area contributed by atoms with Crippen molar-refractivity contribution in [3.8, 4) is 0 Å². The zero-order valence-corrected chi connectivity index (χ0v) is 13.2. The topological polar surface area (TPSA) is 12.0 Å². The van der Waals surface area contributed by atoms with Crippen LogP contribution in [0.4, 0.5) is 0 Å². The third-order valence-electron chi connectivity index (χ3n) is 4.11. The molecule has 0 heterocycles. The lowest BCUT2D eigenvalue weighted by atomic mass is 9.86. The van der Waals surface area contributed by atoms with E-state index in [0.29, 0.717) is 0 Å². The lowest BCUT2D eigenvalue weighted by Gasteiger charge is -2.22. The van der Waals surface area contributed by atoms with Crippen LogP contribution in [-0.4, -0.2) is 13.1 Å². The second-order valence-corrected chi connectivity index (χ2v) is 5.79. The van der Waals surface area contributed by atoms with E-state index in [0.717, 1.165) is 24.9 Å². The highest BCUT2D eigenvalue weighted by Crippen LogP contribution is 2.22. The number of benzene rings is 1. The monoisotopic (exact) mass is 261 g/mol. The highest BCUT2D eigenvalue weighted by Gasteiger charge is 2.14. The summed E-state index contributed by atoms with van der Waals surface area (Å²) in [4.78, 5) is 0. The van der Waals surface area contributed by atoms with Crippen LogP contribution in [0.3, 0.4) is 0 Å². The van der Waals surface area contributed by atoms with Gasteiger partial charge in [-0.2, -0.15) is 0 Å². The Labute approximate surface area is 119 Å². The quantitative estimate of drug-likeness (QED) is 0.685. The average Bonchev–Trinajstić information content (AvgIpc) is 2.41. The van der Waals surface area contributed by atoms with Gasteiger partial charge in [-0.1, -0.05) is 63.4 Å². The Morgan fingerprint density at radius 3 is 2.37 bits per heavy atom. The maximum absolute atomic E-state index is 3.54. The molecular formula is C18H31N. The summed E-state index contributed by atoms with van der Waals surface area (Å²) in [6, 6.07) is 8.99. The van der Waals surface area contributed by atoms with Crippen molar-refractivity contribution >= 4 is 0 Å². The van der Waals surface area contributed by atoms with E-state index in [9.17, 15) is 0 Å². The summed E-state index contributed by atoms with van der Waals surface area (Å²) in [6.07, 6.45) is 5.19. The van der Waals surface area contributed by atoms with Crippen molar-refractivity contribution in [2.45, 2.75) is 53.4 Å². The van der Waals surface area contributed by atoms with Gasteiger partial charge in [0.25, 0.3) is 0 Å². The molecular weight excluding hydrogens is 230 g/mol. The summed E-state index contributed by atoms with van der Waals surface area (Å²) in [6.45, 7) is 11.3. The van der Waals surface area contributed by atoms with Crippen LogP contribution in [0.2, 0.25) is 0 Å². The predicted molar refractivity (Wildman–Crippen MR) is 85.6 cm³/mol. The van der Waals surface area contributed by atoms with Crippen LogP contribution in [0.25, 0.3) is 0 Å². The molecule has 0 aliphatic heterocycles. The normalized spacial score (nSPS) is 12.9. The molecule has 0 spiro atoms. The number of aryl methyl sites for hydroxylation is 1. The fourth-order valence-corrected chi connectivity index (χ4v) is 2.85. The Morgan fingerprint density at radius 2 is 1.79 bits per heavy atom. The number of hydrogen-bond acceptors (Lipinski definition) is 1. The Bertz CT molecular complexity index is 341. The molecule has 0 bridgehead atoms. The summed E-state index contributed by atoms with van der Waals surface area (Å²) in [7, 11) is 0. The zero-order valence-electron chi connectivity index (χ0n) is 13.2. The average molecular weight is 261 g/mol. The van der Waals surface area contributed by atoms with Crippen LogP contribution in [0.1, 0.15) is 51.2 Å². The van der Waals surface area contributed by atoms with Gasteiger partial charge in [0.1, 0.15) is 0 Å². The summed E-state index contributed by atoms with van der Waals surface area (Å²) in [5, 5.41) is 3.54. The Balaban J connectivity index is 2.62. The van der Waals surface area contributed by atoms with E-state index in [1.54, 1.807) is 0 Å². The minimum absolute atomic E-state index is 0.770. The van der Waals surface area contributed by atoms with Gasteiger partial charge in [-0.3, -0.25) is 0 Å². The molecule has 1 unspecified atom stereocenters. The van der Waals surface area contributed by atoms with Gasteiger partial charge < -0.3 is 5.32 Å². The summed E-state index contributed by atoms with van der Waals surface area (Å²) >= 11 is 0. The Hall–Kier alpha value is -0.820. The summed E-state index contributed by atoms with van der Waals surface area (Å²) < 4.78 is 0. The first-order chi connectivity index (χ1) is 9.19. The highest BCUT2D eigenvalue weighted by atomic mass is 14.8. The minimum atomic E-state index is 0.770. The van der Waals surface area contributed by atoms with Gasteiger partial charge >= 0.3 is 0 Å². The molecule has 1 aromatic carbocycles. The van der Waals surface area contributed by atoms with Gasteiger partial charge in [-0.05, 0) is 50.3 Å².